The lowest BCUT2D eigenvalue weighted by molar-refractivity contribution is -0.137. The molecule has 0 saturated carbocycles. The monoisotopic (exact) mass is 384 g/mol. The van der Waals surface area contributed by atoms with Crippen LogP contribution in [-0.4, -0.2) is 58.3 Å². The lowest BCUT2D eigenvalue weighted by Crippen LogP contribution is -2.50. The van der Waals surface area contributed by atoms with Gasteiger partial charge >= 0.3 is 0 Å². The summed E-state index contributed by atoms with van der Waals surface area (Å²) in [4.78, 5) is 28.4. The van der Waals surface area contributed by atoms with Crippen molar-refractivity contribution in [2.24, 2.45) is 5.92 Å². The topological polar surface area (TPSA) is 69.6 Å². The molecular weight excluding hydrogens is 360 g/mol. The van der Waals surface area contributed by atoms with E-state index in [9.17, 15) is 14.7 Å². The van der Waals surface area contributed by atoms with Crippen molar-refractivity contribution in [2.45, 2.75) is 37.8 Å². The number of aliphatic hydroxyl groups is 1. The van der Waals surface area contributed by atoms with E-state index in [-0.39, 0.29) is 24.3 Å². The van der Waals surface area contributed by atoms with Gasteiger partial charge in [0, 0.05) is 24.4 Å². The standard InChI is InChI=1S/C21H24N2O3S/c24-12-16-6-3-7-23(16)21(26)20-19(18(27)11-22-20)17(25)10-13-8-14-4-1-2-5-15(14)9-13/h1-2,4-5,8,16,19-20,22,24H,3,6-7,9-12H2/t16-,19?,20-/m0/s1. The minimum Gasteiger partial charge on any atom is -0.394 e. The van der Waals surface area contributed by atoms with Gasteiger partial charge in [-0.1, -0.05) is 48.1 Å². The van der Waals surface area contributed by atoms with Gasteiger partial charge in [0.05, 0.1) is 18.6 Å². The number of allylic oxidation sites excluding steroid dienone is 1. The van der Waals surface area contributed by atoms with Crippen LogP contribution in [0.5, 0.6) is 0 Å². The quantitative estimate of drug-likeness (QED) is 0.754. The number of nitrogens with zero attached hydrogens (tertiary/aromatic N) is 1. The number of hydrogen-bond donors (Lipinski definition) is 2. The summed E-state index contributed by atoms with van der Waals surface area (Å²) in [6, 6.07) is 7.41. The summed E-state index contributed by atoms with van der Waals surface area (Å²) in [5, 5.41) is 12.7. The number of carbonyl (C=O) groups excluding carboxylic acids is 2. The summed E-state index contributed by atoms with van der Waals surface area (Å²) in [7, 11) is 0. The van der Waals surface area contributed by atoms with Gasteiger partial charge in [-0.25, -0.2) is 0 Å². The van der Waals surface area contributed by atoms with Crippen molar-refractivity contribution in [3.63, 3.8) is 0 Å². The van der Waals surface area contributed by atoms with Crippen LogP contribution in [0.15, 0.2) is 29.8 Å². The average Bonchev–Trinajstić information content (AvgIpc) is 3.37. The highest BCUT2D eigenvalue weighted by atomic mass is 32.1. The van der Waals surface area contributed by atoms with E-state index < -0.39 is 12.0 Å². The third-order valence-corrected chi connectivity index (χ3v) is 6.29. The van der Waals surface area contributed by atoms with E-state index in [1.807, 2.05) is 12.1 Å². The van der Waals surface area contributed by atoms with Gasteiger partial charge in [0.2, 0.25) is 5.91 Å². The smallest absolute Gasteiger partial charge is 0.241 e. The van der Waals surface area contributed by atoms with Gasteiger partial charge in [0.25, 0.3) is 0 Å². The second-order valence-electron chi connectivity index (χ2n) is 7.63. The molecule has 0 radical (unpaired) electrons. The number of Topliss-reactive ketones (excluding diaryl/α,β-unsaturated/α-hetero) is 1. The normalized spacial score (nSPS) is 27.0. The Hall–Kier alpha value is -1.89. The number of benzene rings is 1. The first-order valence-corrected chi connectivity index (χ1v) is 9.97. The second kappa shape index (κ2) is 7.62. The third-order valence-electron chi connectivity index (χ3n) is 5.89. The number of aliphatic hydroxyl groups excluding tert-OH is 1. The molecule has 2 N–H and O–H groups in total. The Kier molecular flexibility index (Phi) is 5.21. The number of fused-ring (bicyclic) bond motifs is 1. The number of rotatable bonds is 5. The minimum atomic E-state index is -0.596. The molecular formula is C21H24N2O3S. The van der Waals surface area contributed by atoms with Crippen LogP contribution >= 0.6 is 12.2 Å². The lowest BCUT2D eigenvalue weighted by Gasteiger charge is -2.28. The fraction of sp³-hybridized carbons (Fsp3) is 0.476. The van der Waals surface area contributed by atoms with Crippen LogP contribution in [0.25, 0.3) is 6.08 Å². The van der Waals surface area contributed by atoms with Crippen molar-refractivity contribution in [1.29, 1.82) is 0 Å². The molecule has 27 heavy (non-hydrogen) atoms. The first-order chi connectivity index (χ1) is 13.1. The summed E-state index contributed by atoms with van der Waals surface area (Å²) in [5.41, 5.74) is 3.49. The van der Waals surface area contributed by atoms with Crippen LogP contribution in [0, 0.1) is 5.92 Å². The maximum absolute atomic E-state index is 13.1. The molecule has 2 aliphatic heterocycles. The highest BCUT2D eigenvalue weighted by Gasteiger charge is 2.44. The van der Waals surface area contributed by atoms with Crippen LogP contribution in [-0.2, 0) is 16.0 Å². The molecule has 0 spiro atoms. The second-order valence-corrected chi connectivity index (χ2v) is 8.16. The molecule has 4 rings (SSSR count). The van der Waals surface area contributed by atoms with E-state index in [4.69, 9.17) is 12.2 Å². The minimum absolute atomic E-state index is 0.0159. The summed E-state index contributed by atoms with van der Waals surface area (Å²) in [5.74, 6) is -0.646. The van der Waals surface area contributed by atoms with Gasteiger partial charge in [-0.15, -0.1) is 0 Å². The van der Waals surface area contributed by atoms with Crippen molar-refractivity contribution in [1.82, 2.24) is 10.2 Å². The zero-order valence-corrected chi connectivity index (χ0v) is 16.0. The van der Waals surface area contributed by atoms with E-state index in [0.717, 1.165) is 24.8 Å². The van der Waals surface area contributed by atoms with Gasteiger partial charge < -0.3 is 15.3 Å². The number of amides is 1. The van der Waals surface area contributed by atoms with Gasteiger partial charge in [-0.2, -0.15) is 0 Å². The molecule has 2 saturated heterocycles. The molecule has 1 aromatic carbocycles. The van der Waals surface area contributed by atoms with E-state index in [1.165, 1.54) is 11.1 Å². The van der Waals surface area contributed by atoms with Crippen LogP contribution < -0.4 is 5.32 Å². The first-order valence-electron chi connectivity index (χ1n) is 9.56. The van der Waals surface area contributed by atoms with Gasteiger partial charge in [0.1, 0.15) is 11.8 Å². The Morgan fingerprint density at radius 1 is 1.30 bits per heavy atom. The molecule has 1 amide bonds. The molecule has 1 unspecified atom stereocenters. The zero-order chi connectivity index (χ0) is 19.0. The predicted molar refractivity (Wildman–Crippen MR) is 107 cm³/mol. The average molecular weight is 385 g/mol. The molecule has 5 nitrogen and oxygen atoms in total. The summed E-state index contributed by atoms with van der Waals surface area (Å²) in [6.07, 6.45) is 4.89. The fourth-order valence-corrected chi connectivity index (χ4v) is 4.86. The zero-order valence-electron chi connectivity index (χ0n) is 15.2. The Labute approximate surface area is 164 Å². The van der Waals surface area contributed by atoms with Crippen LogP contribution in [0.2, 0.25) is 0 Å². The van der Waals surface area contributed by atoms with Crippen LogP contribution in [0.1, 0.15) is 30.4 Å². The maximum atomic E-state index is 13.1. The number of ketones is 1. The predicted octanol–water partition coefficient (Wildman–Crippen LogP) is 1.53. The molecule has 6 heteroatoms. The number of hydrogen-bond acceptors (Lipinski definition) is 5. The molecule has 0 bridgehead atoms. The Morgan fingerprint density at radius 3 is 2.89 bits per heavy atom. The van der Waals surface area contributed by atoms with Gasteiger partial charge in [0.15, 0.2) is 0 Å². The van der Waals surface area contributed by atoms with Crippen molar-refractivity contribution < 1.29 is 14.7 Å². The van der Waals surface area contributed by atoms with Crippen LogP contribution in [0.3, 0.4) is 0 Å². The molecule has 1 aromatic rings. The van der Waals surface area contributed by atoms with E-state index >= 15 is 0 Å². The number of thiocarbonyl (C=S) groups is 1. The largest absolute Gasteiger partial charge is 0.394 e. The summed E-state index contributed by atoms with van der Waals surface area (Å²) >= 11 is 5.43. The molecule has 142 valence electrons. The highest BCUT2D eigenvalue weighted by molar-refractivity contribution is 7.80. The number of carbonyl (C=O) groups is 2. The molecule has 1 aliphatic carbocycles. The number of likely N-dealkylation sites (tertiary alicyclic amines) is 1. The molecule has 2 fully saturated rings. The fourth-order valence-electron chi connectivity index (χ4n) is 4.51. The highest BCUT2D eigenvalue weighted by Crippen LogP contribution is 2.30. The van der Waals surface area contributed by atoms with Crippen molar-refractivity contribution in [2.75, 3.05) is 19.7 Å². The molecule has 2 heterocycles. The van der Waals surface area contributed by atoms with Crippen molar-refractivity contribution in [3.05, 3.63) is 41.0 Å². The van der Waals surface area contributed by atoms with E-state index in [0.29, 0.717) is 24.4 Å². The Balaban J connectivity index is 1.47. The van der Waals surface area contributed by atoms with Gasteiger partial charge in [-0.05, 0) is 30.4 Å². The van der Waals surface area contributed by atoms with Crippen molar-refractivity contribution in [3.8, 4) is 0 Å². The van der Waals surface area contributed by atoms with Crippen LogP contribution in [0.4, 0.5) is 0 Å². The Bertz CT molecular complexity index is 819. The Morgan fingerprint density at radius 2 is 2.11 bits per heavy atom. The van der Waals surface area contributed by atoms with E-state index in [2.05, 4.69) is 23.5 Å². The molecule has 3 aliphatic rings. The third kappa shape index (κ3) is 3.49. The van der Waals surface area contributed by atoms with Crippen molar-refractivity contribution >= 4 is 34.8 Å². The lowest BCUT2D eigenvalue weighted by atomic mass is 9.90. The number of nitrogens with one attached hydrogen (secondary N) is 1. The molecule has 3 atom stereocenters. The molecule has 0 aromatic heterocycles. The maximum Gasteiger partial charge on any atom is 0.241 e. The van der Waals surface area contributed by atoms with E-state index in [1.54, 1.807) is 4.90 Å². The first kappa shape index (κ1) is 18.5. The SMILES string of the molecule is O=C(CC1=Cc2ccccc2C1)C1C(=S)CN[C@@H]1C(=O)N1CCC[C@H]1CO. The van der Waals surface area contributed by atoms with Gasteiger partial charge in [-0.3, -0.25) is 9.59 Å². The summed E-state index contributed by atoms with van der Waals surface area (Å²) < 4.78 is 0. The summed E-state index contributed by atoms with van der Waals surface area (Å²) in [6.45, 7) is 1.02.